The molecule has 0 unspecified atom stereocenters. The Morgan fingerprint density at radius 3 is 2.74 bits per heavy atom. The van der Waals surface area contributed by atoms with Gasteiger partial charge in [0.05, 0.1) is 6.20 Å². The highest BCUT2D eigenvalue weighted by atomic mass is 15.4. The number of nitriles is 1. The molecule has 5 nitrogen and oxygen atoms in total. The lowest BCUT2D eigenvalue weighted by Crippen LogP contribution is -2.41. The van der Waals surface area contributed by atoms with Gasteiger partial charge in [0, 0.05) is 23.3 Å². The van der Waals surface area contributed by atoms with E-state index in [-0.39, 0.29) is 5.54 Å². The van der Waals surface area contributed by atoms with Gasteiger partial charge in [-0.3, -0.25) is 0 Å². The lowest BCUT2D eigenvalue weighted by molar-refractivity contribution is 0.510. The van der Waals surface area contributed by atoms with E-state index in [0.29, 0.717) is 11.2 Å². The summed E-state index contributed by atoms with van der Waals surface area (Å²) in [5, 5.41) is 13.5. The number of aryl methyl sites for hydroxylation is 1. The third-order valence-corrected chi connectivity index (χ3v) is 3.70. The van der Waals surface area contributed by atoms with Crippen molar-refractivity contribution in [1.29, 1.82) is 5.26 Å². The van der Waals surface area contributed by atoms with Crippen molar-refractivity contribution < 1.29 is 0 Å². The molecule has 19 heavy (non-hydrogen) atoms. The summed E-state index contributed by atoms with van der Waals surface area (Å²) < 4.78 is 1.82. The van der Waals surface area contributed by atoms with E-state index >= 15 is 0 Å². The van der Waals surface area contributed by atoms with Gasteiger partial charge in [-0.05, 0) is 34.1 Å². The number of hydrogen-bond donors (Lipinski definition) is 0. The van der Waals surface area contributed by atoms with Crippen LogP contribution < -0.4 is 4.90 Å². The van der Waals surface area contributed by atoms with Crippen LogP contribution in [0, 0.1) is 18.3 Å². The lowest BCUT2D eigenvalue weighted by atomic mass is 10.1. The lowest BCUT2D eigenvalue weighted by Gasteiger charge is -2.34. The molecule has 2 aromatic heterocycles. The number of anilines is 1. The zero-order chi connectivity index (χ0) is 13.8. The smallest absolute Gasteiger partial charge is 0.175 e. The van der Waals surface area contributed by atoms with Gasteiger partial charge in [0.1, 0.15) is 17.5 Å². The number of nitrogens with zero attached hydrogens (tertiary/aromatic N) is 5. The average Bonchev–Trinajstić information content (AvgIpc) is 2.90. The summed E-state index contributed by atoms with van der Waals surface area (Å²) in [6, 6.07) is 2.16. The van der Waals surface area contributed by atoms with E-state index in [1.54, 1.807) is 6.20 Å². The number of fused-ring (bicyclic) bond motifs is 3. The summed E-state index contributed by atoms with van der Waals surface area (Å²) in [5.74, 6) is 1.09. The van der Waals surface area contributed by atoms with Crippen molar-refractivity contribution in [2.24, 2.45) is 0 Å². The van der Waals surface area contributed by atoms with Crippen LogP contribution in [0.2, 0.25) is 0 Å². The summed E-state index contributed by atoms with van der Waals surface area (Å²) in [7, 11) is 0. The van der Waals surface area contributed by atoms with Gasteiger partial charge in [-0.25, -0.2) is 4.98 Å². The van der Waals surface area contributed by atoms with E-state index in [2.05, 4.69) is 41.8 Å². The van der Waals surface area contributed by atoms with E-state index in [1.807, 2.05) is 11.4 Å². The van der Waals surface area contributed by atoms with Crippen molar-refractivity contribution in [3.63, 3.8) is 0 Å². The fourth-order valence-electron chi connectivity index (χ4n) is 2.75. The van der Waals surface area contributed by atoms with Crippen LogP contribution in [0.25, 0.3) is 5.65 Å². The zero-order valence-corrected chi connectivity index (χ0v) is 11.7. The highest BCUT2D eigenvalue weighted by Gasteiger charge is 2.33. The van der Waals surface area contributed by atoms with E-state index in [1.165, 1.54) is 5.56 Å². The quantitative estimate of drug-likeness (QED) is 0.723. The molecule has 0 radical (unpaired) electrons. The van der Waals surface area contributed by atoms with Crippen LogP contribution in [0.15, 0.2) is 6.20 Å². The van der Waals surface area contributed by atoms with E-state index in [4.69, 9.17) is 5.26 Å². The second kappa shape index (κ2) is 3.70. The fourth-order valence-corrected chi connectivity index (χ4v) is 2.75. The van der Waals surface area contributed by atoms with Crippen LogP contribution in [-0.4, -0.2) is 26.7 Å². The van der Waals surface area contributed by atoms with Crippen LogP contribution in [0.4, 0.5) is 5.82 Å². The first kappa shape index (κ1) is 12.0. The van der Waals surface area contributed by atoms with Crippen molar-refractivity contribution in [3.8, 4) is 6.07 Å². The molecule has 98 valence electrons. The molecule has 0 N–H and O–H groups in total. The number of aromatic nitrogens is 3. The first-order valence-corrected chi connectivity index (χ1v) is 6.48. The van der Waals surface area contributed by atoms with Crippen molar-refractivity contribution in [3.05, 3.63) is 23.0 Å². The second-order valence-corrected chi connectivity index (χ2v) is 5.98. The maximum Gasteiger partial charge on any atom is 0.175 e. The molecule has 0 atom stereocenters. The molecule has 0 spiro atoms. The Morgan fingerprint density at radius 1 is 1.37 bits per heavy atom. The summed E-state index contributed by atoms with van der Waals surface area (Å²) in [4.78, 5) is 6.89. The third kappa shape index (κ3) is 1.60. The number of hydrogen-bond acceptors (Lipinski definition) is 4. The first-order valence-electron chi connectivity index (χ1n) is 6.48. The molecular formula is C14H17N5. The Hall–Kier alpha value is -2.09. The Morgan fingerprint density at radius 2 is 2.11 bits per heavy atom. The minimum absolute atomic E-state index is 0.0325. The van der Waals surface area contributed by atoms with Crippen LogP contribution in [0.3, 0.4) is 0 Å². The van der Waals surface area contributed by atoms with Gasteiger partial charge in [-0.2, -0.15) is 14.9 Å². The summed E-state index contributed by atoms with van der Waals surface area (Å²) in [5.41, 5.74) is 3.48. The Bertz CT molecular complexity index is 699. The molecule has 0 saturated heterocycles. The minimum atomic E-state index is 0.0325. The summed E-state index contributed by atoms with van der Waals surface area (Å²) >= 11 is 0. The van der Waals surface area contributed by atoms with Gasteiger partial charge in [-0.15, -0.1) is 0 Å². The van der Waals surface area contributed by atoms with E-state index < -0.39 is 0 Å². The SMILES string of the molecule is Cc1nc2c(C#N)cnn2c2c1CCN2C(C)(C)C. The maximum absolute atomic E-state index is 9.13. The molecule has 3 rings (SSSR count). The molecule has 0 aromatic carbocycles. The molecule has 2 aromatic rings. The van der Waals surface area contributed by atoms with Gasteiger partial charge >= 0.3 is 0 Å². The molecule has 0 bridgehead atoms. The summed E-state index contributed by atoms with van der Waals surface area (Å²) in [6.45, 7) is 9.57. The second-order valence-electron chi connectivity index (χ2n) is 5.98. The van der Waals surface area contributed by atoms with Crippen molar-refractivity contribution >= 4 is 11.5 Å². The normalized spacial score (nSPS) is 14.8. The van der Waals surface area contributed by atoms with E-state index in [0.717, 1.165) is 24.5 Å². The molecule has 0 saturated carbocycles. The van der Waals surface area contributed by atoms with Crippen molar-refractivity contribution in [2.45, 2.75) is 39.7 Å². The van der Waals surface area contributed by atoms with Crippen LogP contribution in [0.1, 0.15) is 37.6 Å². The highest BCUT2D eigenvalue weighted by Crippen LogP contribution is 2.35. The third-order valence-electron chi connectivity index (χ3n) is 3.70. The molecule has 0 aliphatic carbocycles. The van der Waals surface area contributed by atoms with Crippen LogP contribution in [0.5, 0.6) is 0 Å². The minimum Gasteiger partial charge on any atom is -0.351 e. The van der Waals surface area contributed by atoms with Crippen LogP contribution >= 0.6 is 0 Å². The molecular weight excluding hydrogens is 238 g/mol. The Labute approximate surface area is 112 Å². The highest BCUT2D eigenvalue weighted by molar-refractivity contribution is 5.65. The topological polar surface area (TPSA) is 57.2 Å². The fraction of sp³-hybridized carbons (Fsp3) is 0.500. The van der Waals surface area contributed by atoms with E-state index in [9.17, 15) is 0 Å². The average molecular weight is 255 g/mol. The van der Waals surface area contributed by atoms with Gasteiger partial charge in [0.15, 0.2) is 5.65 Å². The predicted molar refractivity (Wildman–Crippen MR) is 73.2 cm³/mol. The molecule has 0 fully saturated rings. The molecule has 1 aliphatic heterocycles. The first-order chi connectivity index (χ1) is 8.93. The Kier molecular flexibility index (Phi) is 2.33. The predicted octanol–water partition coefficient (Wildman–Crippen LogP) is 2.07. The van der Waals surface area contributed by atoms with Gasteiger partial charge in [0.25, 0.3) is 0 Å². The zero-order valence-electron chi connectivity index (χ0n) is 11.7. The van der Waals surface area contributed by atoms with Crippen molar-refractivity contribution in [2.75, 3.05) is 11.4 Å². The number of rotatable bonds is 0. The van der Waals surface area contributed by atoms with Gasteiger partial charge in [-0.1, -0.05) is 0 Å². The monoisotopic (exact) mass is 255 g/mol. The molecule has 3 heterocycles. The molecule has 0 amide bonds. The van der Waals surface area contributed by atoms with Crippen LogP contribution in [-0.2, 0) is 6.42 Å². The molecule has 1 aliphatic rings. The molecule has 5 heteroatoms. The maximum atomic E-state index is 9.13. The van der Waals surface area contributed by atoms with Gasteiger partial charge < -0.3 is 4.90 Å². The standard InChI is InChI=1S/C14H17N5/c1-9-11-5-6-18(14(2,3)4)13(11)19-12(17-9)10(7-15)8-16-19/h8H,5-6H2,1-4H3. The summed E-state index contributed by atoms with van der Waals surface area (Å²) in [6.07, 6.45) is 2.59. The largest absolute Gasteiger partial charge is 0.351 e. The van der Waals surface area contributed by atoms with Crippen molar-refractivity contribution in [1.82, 2.24) is 14.6 Å². The Balaban J connectivity index is 2.35. The van der Waals surface area contributed by atoms with Gasteiger partial charge in [0.2, 0.25) is 0 Å².